The van der Waals surface area contributed by atoms with E-state index in [0.29, 0.717) is 31.1 Å². The first-order valence-corrected chi connectivity index (χ1v) is 13.3. The second kappa shape index (κ2) is 11.7. The Kier molecular flexibility index (Phi) is 8.93. The fraction of sp³-hybridized carbons (Fsp3) is 0.500. The average molecular weight is 497 g/mol. The van der Waals surface area contributed by atoms with E-state index in [1.807, 2.05) is 0 Å². The minimum absolute atomic E-state index is 0.0760. The molecule has 3 rings (SSSR count). The van der Waals surface area contributed by atoms with Gasteiger partial charge in [0, 0.05) is 19.6 Å². The zero-order chi connectivity index (χ0) is 23.8. The Morgan fingerprint density at radius 3 is 2.39 bits per heavy atom. The number of ether oxygens (including phenoxy) is 2. The zero-order valence-electron chi connectivity index (χ0n) is 18.5. The summed E-state index contributed by atoms with van der Waals surface area (Å²) >= 11 is 1.25. The second-order valence-corrected chi connectivity index (χ2v) is 10.6. The van der Waals surface area contributed by atoms with Crippen molar-refractivity contribution in [2.75, 3.05) is 39.1 Å². The Balaban J connectivity index is 1.51. The van der Waals surface area contributed by atoms with Gasteiger partial charge >= 0.3 is 11.9 Å². The van der Waals surface area contributed by atoms with Gasteiger partial charge in [-0.15, -0.1) is 0 Å². The predicted octanol–water partition coefficient (Wildman–Crippen LogP) is 2.39. The van der Waals surface area contributed by atoms with Crippen LogP contribution >= 0.6 is 11.8 Å². The highest BCUT2D eigenvalue weighted by Gasteiger charge is 2.27. The summed E-state index contributed by atoms with van der Waals surface area (Å²) in [5, 5.41) is 0.513. The van der Waals surface area contributed by atoms with Crippen LogP contribution in [0.5, 0.6) is 0 Å². The van der Waals surface area contributed by atoms with Crippen molar-refractivity contribution in [3.8, 4) is 0 Å². The molecule has 11 heteroatoms. The van der Waals surface area contributed by atoms with E-state index in [-0.39, 0.29) is 28.7 Å². The summed E-state index contributed by atoms with van der Waals surface area (Å²) in [6, 6.07) is 5.76. The van der Waals surface area contributed by atoms with Crippen molar-refractivity contribution in [3.63, 3.8) is 0 Å². The van der Waals surface area contributed by atoms with Gasteiger partial charge in [-0.2, -0.15) is 4.31 Å². The van der Waals surface area contributed by atoms with Crippen molar-refractivity contribution in [2.24, 2.45) is 0 Å². The molecule has 0 saturated carbocycles. The summed E-state index contributed by atoms with van der Waals surface area (Å²) in [5.41, 5.74) is 0.254. The number of benzene rings is 1. The number of esters is 2. The van der Waals surface area contributed by atoms with Gasteiger partial charge in [0.2, 0.25) is 15.9 Å². The molecule has 2 saturated heterocycles. The molecule has 0 bridgehead atoms. The highest BCUT2D eigenvalue weighted by Crippen LogP contribution is 2.29. The van der Waals surface area contributed by atoms with E-state index >= 15 is 0 Å². The highest BCUT2D eigenvalue weighted by molar-refractivity contribution is 8.04. The van der Waals surface area contributed by atoms with E-state index in [0.717, 1.165) is 25.7 Å². The average Bonchev–Trinajstić information content (AvgIpc) is 3.00. The minimum Gasteiger partial charge on any atom is -0.466 e. The third kappa shape index (κ3) is 6.58. The van der Waals surface area contributed by atoms with Crippen LogP contribution in [0.25, 0.3) is 0 Å². The number of hydrogen-bond acceptors (Lipinski definition) is 8. The number of rotatable bonds is 8. The van der Waals surface area contributed by atoms with Gasteiger partial charge in [0.05, 0.1) is 41.0 Å². The Bertz CT molecular complexity index is 998. The monoisotopic (exact) mass is 496 g/mol. The number of carbonyl (C=O) groups is 3. The van der Waals surface area contributed by atoms with Crippen LogP contribution in [0.15, 0.2) is 40.3 Å². The summed E-state index contributed by atoms with van der Waals surface area (Å²) in [4.78, 5) is 37.4. The smallest absolute Gasteiger partial charge is 0.338 e. The first-order valence-electron chi connectivity index (χ1n) is 10.8. The van der Waals surface area contributed by atoms with Crippen molar-refractivity contribution in [2.45, 2.75) is 37.0 Å². The number of thioether (sulfide) groups is 1. The predicted molar refractivity (Wildman–Crippen MR) is 123 cm³/mol. The quantitative estimate of drug-likeness (QED) is 0.307. The van der Waals surface area contributed by atoms with E-state index in [1.54, 1.807) is 0 Å². The van der Waals surface area contributed by atoms with E-state index in [2.05, 4.69) is 4.74 Å². The molecule has 0 spiro atoms. The highest BCUT2D eigenvalue weighted by atomic mass is 32.2. The third-order valence-corrected chi connectivity index (χ3v) is 8.34. The van der Waals surface area contributed by atoms with Crippen LogP contribution in [0, 0.1) is 0 Å². The zero-order valence-corrected chi connectivity index (χ0v) is 20.2. The molecule has 1 amide bonds. The maximum atomic E-state index is 12.8. The lowest BCUT2D eigenvalue weighted by Crippen LogP contribution is -2.31. The molecule has 2 fully saturated rings. The lowest BCUT2D eigenvalue weighted by molar-refractivity contribution is -0.134. The standard InChI is InChI=1S/C22H28N2O7S2/c1-30-21(26)15-20-24(19(25)16-32-20)13-6-14-31-22(27)17-7-9-18(10-8-17)33(28,29)23-11-4-2-3-5-12-23/h7-10,15H,2-6,11-14,16H2,1H3/b20-15+. The number of nitrogens with zero attached hydrogens (tertiary/aromatic N) is 2. The van der Waals surface area contributed by atoms with E-state index in [1.165, 1.54) is 58.4 Å². The molecule has 0 aromatic heterocycles. The van der Waals surface area contributed by atoms with Crippen molar-refractivity contribution in [1.29, 1.82) is 0 Å². The molecule has 2 heterocycles. The first-order chi connectivity index (χ1) is 15.8. The Morgan fingerprint density at radius 1 is 1.09 bits per heavy atom. The van der Waals surface area contributed by atoms with Crippen LogP contribution in [0.1, 0.15) is 42.5 Å². The minimum atomic E-state index is -3.58. The molecular weight excluding hydrogens is 468 g/mol. The van der Waals surface area contributed by atoms with Crippen molar-refractivity contribution >= 4 is 39.6 Å². The van der Waals surface area contributed by atoms with Gasteiger partial charge in [0.15, 0.2) is 0 Å². The number of hydrogen-bond donors (Lipinski definition) is 0. The normalized spacial score (nSPS) is 18.9. The number of methoxy groups -OCH3 is 1. The molecule has 9 nitrogen and oxygen atoms in total. The van der Waals surface area contributed by atoms with Crippen LogP contribution in [0.4, 0.5) is 0 Å². The maximum Gasteiger partial charge on any atom is 0.338 e. The third-order valence-electron chi connectivity index (χ3n) is 5.41. The number of sulfonamides is 1. The van der Waals surface area contributed by atoms with Gasteiger partial charge in [0.1, 0.15) is 0 Å². The van der Waals surface area contributed by atoms with E-state index in [4.69, 9.17) is 4.74 Å². The summed E-state index contributed by atoms with van der Waals surface area (Å²) in [7, 11) is -2.31. The van der Waals surface area contributed by atoms with Crippen molar-refractivity contribution < 1.29 is 32.3 Å². The molecule has 0 unspecified atom stereocenters. The largest absolute Gasteiger partial charge is 0.466 e. The molecule has 180 valence electrons. The Hall–Kier alpha value is -2.37. The summed E-state index contributed by atoms with van der Waals surface area (Å²) in [5.74, 6) is -0.983. The lowest BCUT2D eigenvalue weighted by Gasteiger charge is -2.20. The van der Waals surface area contributed by atoms with Gasteiger partial charge < -0.3 is 14.4 Å². The fourth-order valence-electron chi connectivity index (χ4n) is 3.59. The molecule has 33 heavy (non-hydrogen) atoms. The van der Waals surface area contributed by atoms with Crippen LogP contribution in [0.2, 0.25) is 0 Å². The van der Waals surface area contributed by atoms with E-state index < -0.39 is 22.0 Å². The van der Waals surface area contributed by atoms with Crippen molar-refractivity contribution in [3.05, 3.63) is 40.9 Å². The van der Waals surface area contributed by atoms with Gasteiger partial charge in [-0.3, -0.25) is 4.79 Å². The van der Waals surface area contributed by atoms with E-state index in [9.17, 15) is 22.8 Å². The molecule has 1 aromatic rings. The summed E-state index contributed by atoms with van der Waals surface area (Å²) < 4.78 is 37.0. The van der Waals surface area contributed by atoms with Gasteiger partial charge in [-0.1, -0.05) is 24.6 Å². The maximum absolute atomic E-state index is 12.8. The van der Waals surface area contributed by atoms with Gasteiger partial charge in [-0.25, -0.2) is 18.0 Å². The molecule has 0 N–H and O–H groups in total. The van der Waals surface area contributed by atoms with Crippen LogP contribution < -0.4 is 0 Å². The topological polar surface area (TPSA) is 110 Å². The summed E-state index contributed by atoms with van der Waals surface area (Å²) in [6.45, 7) is 1.41. The number of carbonyl (C=O) groups excluding carboxylic acids is 3. The number of amides is 1. The molecule has 2 aliphatic rings. The molecule has 0 atom stereocenters. The molecular formula is C22H28N2O7S2. The molecule has 2 aliphatic heterocycles. The summed E-state index contributed by atoms with van der Waals surface area (Å²) in [6.07, 6.45) is 5.42. The van der Waals surface area contributed by atoms with Crippen LogP contribution in [0.3, 0.4) is 0 Å². The van der Waals surface area contributed by atoms with Crippen molar-refractivity contribution in [1.82, 2.24) is 9.21 Å². The first kappa shape index (κ1) is 25.3. The molecule has 1 aromatic carbocycles. The van der Waals surface area contributed by atoms with Gasteiger partial charge in [-0.05, 0) is 43.5 Å². The fourth-order valence-corrected chi connectivity index (χ4v) is 6.07. The van der Waals surface area contributed by atoms with Gasteiger partial charge in [0.25, 0.3) is 0 Å². The Labute approximate surface area is 198 Å². The molecule has 0 radical (unpaired) electrons. The van der Waals surface area contributed by atoms with Crippen LogP contribution in [-0.4, -0.2) is 74.6 Å². The SMILES string of the molecule is COC(=O)/C=C1/SCC(=O)N1CCCOC(=O)c1ccc(S(=O)(=O)N2CCCCCC2)cc1. The van der Waals surface area contributed by atoms with Crippen LogP contribution in [-0.2, 0) is 29.1 Å². The lowest BCUT2D eigenvalue weighted by atomic mass is 10.2. The second-order valence-electron chi connectivity index (χ2n) is 7.67. The Morgan fingerprint density at radius 2 is 1.76 bits per heavy atom. The molecule has 0 aliphatic carbocycles.